The van der Waals surface area contributed by atoms with Crippen molar-refractivity contribution in [2.24, 2.45) is 0 Å². The van der Waals surface area contributed by atoms with Crippen LogP contribution in [0.25, 0.3) is 10.9 Å². The second kappa shape index (κ2) is 9.74. The maximum absolute atomic E-state index is 14.0. The van der Waals surface area contributed by atoms with Crippen LogP contribution in [0.15, 0.2) is 53.4 Å². The zero-order valence-corrected chi connectivity index (χ0v) is 21.7. The third kappa shape index (κ3) is 4.58. The van der Waals surface area contributed by atoms with Crippen molar-refractivity contribution in [1.82, 2.24) is 3.97 Å². The maximum atomic E-state index is 14.0. The number of benzene rings is 2. The number of nitrogens with zero attached hydrogens (tertiary/aromatic N) is 1. The first kappa shape index (κ1) is 25.4. The van der Waals surface area contributed by atoms with Crippen molar-refractivity contribution in [3.05, 3.63) is 64.8 Å². The normalized spacial score (nSPS) is 16.4. The Hall–Kier alpha value is -1.71. The highest BCUT2D eigenvalue weighted by molar-refractivity contribution is 7.90. The van der Waals surface area contributed by atoms with Gasteiger partial charge in [-0.15, -0.1) is 0 Å². The first-order chi connectivity index (χ1) is 16.1. The van der Waals surface area contributed by atoms with E-state index < -0.39 is 23.4 Å². The molecule has 1 aliphatic rings. The molecule has 8 nitrogen and oxygen atoms in total. The summed E-state index contributed by atoms with van der Waals surface area (Å²) in [5.41, 5.74) is 0.996. The van der Waals surface area contributed by atoms with E-state index in [0.29, 0.717) is 34.7 Å². The highest BCUT2D eigenvalue weighted by atomic mass is 35.5. The van der Waals surface area contributed by atoms with Crippen LogP contribution in [0.5, 0.6) is 0 Å². The Morgan fingerprint density at radius 2 is 1.68 bits per heavy atom. The SMILES string of the molecule is CCOP(=O)(Cc1c(C2(C)OCCO2)c2cc(Cl)ccc2n1S(=O)(=O)c1ccccc1)OCC. The van der Waals surface area contributed by atoms with Crippen molar-refractivity contribution < 1.29 is 31.5 Å². The zero-order chi connectivity index (χ0) is 24.6. The summed E-state index contributed by atoms with van der Waals surface area (Å²) >= 11 is 6.32. The van der Waals surface area contributed by atoms with E-state index in [9.17, 15) is 13.0 Å². The molecule has 3 aromatic rings. The van der Waals surface area contributed by atoms with E-state index in [1.807, 2.05) is 0 Å². The summed E-state index contributed by atoms with van der Waals surface area (Å²) in [6.45, 7) is 6.03. The van der Waals surface area contributed by atoms with Crippen LogP contribution in [0.3, 0.4) is 0 Å². The molecular formula is C23H27ClNO7PS. The van der Waals surface area contributed by atoms with Gasteiger partial charge < -0.3 is 18.5 Å². The number of aromatic nitrogens is 1. The van der Waals surface area contributed by atoms with Crippen LogP contribution in [0.4, 0.5) is 0 Å². The molecule has 0 saturated carbocycles. The van der Waals surface area contributed by atoms with Crippen LogP contribution in [-0.4, -0.2) is 38.8 Å². The third-order valence-corrected chi connectivity index (χ3v) is 9.54. The van der Waals surface area contributed by atoms with E-state index in [1.165, 1.54) is 16.1 Å². The van der Waals surface area contributed by atoms with Crippen LogP contribution in [0.1, 0.15) is 32.0 Å². The Bertz CT molecular complexity index is 1320. The second-order valence-electron chi connectivity index (χ2n) is 7.81. The smallest absolute Gasteiger partial charge is 0.336 e. The molecule has 34 heavy (non-hydrogen) atoms. The van der Waals surface area contributed by atoms with Crippen LogP contribution in [0, 0.1) is 0 Å². The molecule has 2 heterocycles. The van der Waals surface area contributed by atoms with Crippen LogP contribution in [0.2, 0.25) is 5.02 Å². The molecular weight excluding hydrogens is 501 g/mol. The first-order valence-electron chi connectivity index (χ1n) is 10.9. The fraction of sp³-hybridized carbons (Fsp3) is 0.391. The molecule has 0 radical (unpaired) electrons. The Kier molecular flexibility index (Phi) is 7.27. The molecule has 0 amide bonds. The van der Waals surface area contributed by atoms with Crippen LogP contribution < -0.4 is 0 Å². The Balaban J connectivity index is 2.10. The summed E-state index contributed by atoms with van der Waals surface area (Å²) < 4.78 is 65.7. The summed E-state index contributed by atoms with van der Waals surface area (Å²) in [7, 11) is -7.84. The van der Waals surface area contributed by atoms with Gasteiger partial charge in [0, 0.05) is 16.0 Å². The van der Waals surface area contributed by atoms with Crippen molar-refractivity contribution >= 4 is 40.1 Å². The fourth-order valence-electron chi connectivity index (χ4n) is 4.27. The van der Waals surface area contributed by atoms with E-state index in [0.717, 1.165) is 0 Å². The highest BCUT2D eigenvalue weighted by Crippen LogP contribution is 2.54. The van der Waals surface area contributed by atoms with Crippen LogP contribution in [-0.2, 0) is 45.1 Å². The molecule has 0 bridgehead atoms. The number of hydrogen-bond donors (Lipinski definition) is 0. The lowest BCUT2D eigenvalue weighted by molar-refractivity contribution is -0.149. The predicted molar refractivity (Wildman–Crippen MR) is 130 cm³/mol. The molecule has 1 saturated heterocycles. The molecule has 0 atom stereocenters. The number of rotatable bonds is 9. The molecule has 1 fully saturated rings. The molecule has 1 aromatic heterocycles. The van der Waals surface area contributed by atoms with Gasteiger partial charge in [0.25, 0.3) is 10.0 Å². The van der Waals surface area contributed by atoms with E-state index in [4.69, 9.17) is 30.1 Å². The van der Waals surface area contributed by atoms with Gasteiger partial charge in [0.2, 0.25) is 0 Å². The Morgan fingerprint density at radius 1 is 1.06 bits per heavy atom. The second-order valence-corrected chi connectivity index (χ2v) is 12.1. The summed E-state index contributed by atoms with van der Waals surface area (Å²) in [4.78, 5) is 0.0794. The van der Waals surface area contributed by atoms with Gasteiger partial charge in [0.15, 0.2) is 5.79 Å². The molecule has 0 aliphatic carbocycles. The van der Waals surface area contributed by atoms with Crippen molar-refractivity contribution in [3.8, 4) is 0 Å². The van der Waals surface area contributed by atoms with Crippen molar-refractivity contribution in [2.45, 2.75) is 37.6 Å². The predicted octanol–water partition coefficient (Wildman–Crippen LogP) is 5.52. The van der Waals surface area contributed by atoms with E-state index in [2.05, 4.69) is 0 Å². The molecule has 2 aromatic carbocycles. The van der Waals surface area contributed by atoms with E-state index in [-0.39, 0.29) is 30.0 Å². The Morgan fingerprint density at radius 3 is 2.26 bits per heavy atom. The van der Waals surface area contributed by atoms with Gasteiger partial charge in [0.05, 0.1) is 48.7 Å². The zero-order valence-electron chi connectivity index (χ0n) is 19.2. The molecule has 1 aliphatic heterocycles. The lowest BCUT2D eigenvalue weighted by atomic mass is 10.0. The summed E-state index contributed by atoms with van der Waals surface area (Å²) in [5.74, 6) is -1.28. The number of hydrogen-bond acceptors (Lipinski definition) is 7. The molecule has 184 valence electrons. The van der Waals surface area contributed by atoms with Gasteiger partial charge in [-0.1, -0.05) is 29.8 Å². The number of fused-ring (bicyclic) bond motifs is 1. The van der Waals surface area contributed by atoms with Crippen molar-refractivity contribution in [2.75, 3.05) is 26.4 Å². The van der Waals surface area contributed by atoms with E-state index in [1.54, 1.807) is 57.2 Å². The highest BCUT2D eigenvalue weighted by Gasteiger charge is 2.43. The quantitative estimate of drug-likeness (QED) is 0.338. The van der Waals surface area contributed by atoms with E-state index >= 15 is 0 Å². The lowest BCUT2D eigenvalue weighted by Gasteiger charge is -2.26. The van der Waals surface area contributed by atoms with Gasteiger partial charge in [-0.05, 0) is 51.1 Å². The summed E-state index contributed by atoms with van der Waals surface area (Å²) in [6, 6.07) is 12.9. The lowest BCUT2D eigenvalue weighted by Crippen LogP contribution is -2.26. The summed E-state index contributed by atoms with van der Waals surface area (Å²) in [5, 5.41) is 0.930. The first-order valence-corrected chi connectivity index (χ1v) is 14.5. The monoisotopic (exact) mass is 527 g/mol. The minimum absolute atomic E-state index is 0.0794. The average molecular weight is 528 g/mol. The molecule has 0 unspecified atom stereocenters. The molecule has 0 spiro atoms. The van der Waals surface area contributed by atoms with Gasteiger partial charge >= 0.3 is 7.60 Å². The fourth-order valence-corrected chi connectivity index (χ4v) is 7.83. The minimum Gasteiger partial charge on any atom is -0.344 e. The van der Waals surface area contributed by atoms with Gasteiger partial charge in [0.1, 0.15) is 0 Å². The standard InChI is InChI=1S/C23H27ClNO7PS/c1-4-31-33(26,32-5-2)16-21-22(23(3)29-13-14-30-23)19-15-17(24)11-12-20(19)25(21)34(27,28)18-9-7-6-8-10-18/h6-12,15H,4-5,13-14,16H2,1-3H3. The largest absolute Gasteiger partial charge is 0.344 e. The molecule has 11 heteroatoms. The van der Waals surface area contributed by atoms with Gasteiger partial charge in [-0.25, -0.2) is 12.4 Å². The average Bonchev–Trinajstić information content (AvgIpc) is 3.36. The number of halogens is 1. The van der Waals surface area contributed by atoms with Crippen molar-refractivity contribution in [3.63, 3.8) is 0 Å². The number of ether oxygens (including phenoxy) is 2. The summed E-state index contributed by atoms with van der Waals surface area (Å²) in [6.07, 6.45) is -0.301. The minimum atomic E-state index is -4.12. The van der Waals surface area contributed by atoms with Gasteiger partial charge in [-0.3, -0.25) is 4.57 Å². The van der Waals surface area contributed by atoms with Crippen molar-refractivity contribution in [1.29, 1.82) is 0 Å². The third-order valence-electron chi connectivity index (χ3n) is 5.55. The van der Waals surface area contributed by atoms with Gasteiger partial charge in [-0.2, -0.15) is 0 Å². The Labute approximate surface area is 204 Å². The maximum Gasteiger partial charge on any atom is 0.336 e. The molecule has 4 rings (SSSR count). The molecule has 0 N–H and O–H groups in total. The topological polar surface area (TPSA) is 93.1 Å². The van der Waals surface area contributed by atoms with Crippen LogP contribution >= 0.6 is 19.2 Å².